The maximum absolute atomic E-state index is 6.35. The Balaban J connectivity index is 2.58. The minimum Gasteiger partial charge on any atom is -0.358 e. The van der Waals surface area contributed by atoms with Gasteiger partial charge in [0.05, 0.1) is 5.02 Å². The summed E-state index contributed by atoms with van der Waals surface area (Å²) in [5.74, 6) is 2.22. The third kappa shape index (κ3) is 6.10. The van der Waals surface area contributed by atoms with E-state index < -0.39 is 0 Å². The summed E-state index contributed by atoms with van der Waals surface area (Å²) in [5.41, 5.74) is 1.14. The highest BCUT2D eigenvalue weighted by Crippen LogP contribution is 2.23. The molecule has 1 heterocycles. The molecule has 3 nitrogen and oxygen atoms in total. The molecular weight excluding hydrogens is 270 g/mol. The number of hydrogen-bond acceptors (Lipinski definition) is 3. The van der Waals surface area contributed by atoms with E-state index in [0.717, 1.165) is 42.5 Å². The lowest BCUT2D eigenvalue weighted by Gasteiger charge is -2.20. The molecule has 0 aliphatic carbocycles. The Morgan fingerprint density at radius 1 is 1.25 bits per heavy atom. The lowest BCUT2D eigenvalue weighted by Crippen LogP contribution is -2.22. The van der Waals surface area contributed by atoms with Gasteiger partial charge in [-0.2, -0.15) is 0 Å². The van der Waals surface area contributed by atoms with Crippen LogP contribution in [0.5, 0.6) is 0 Å². The fourth-order valence-electron chi connectivity index (χ4n) is 1.91. The molecule has 0 aliphatic heterocycles. The van der Waals surface area contributed by atoms with Crippen LogP contribution in [0.4, 0.5) is 5.82 Å². The SMILES string of the molecule is CC(C)CCN(C)c1ncc(CNCC(C)C)cc1Cl. The largest absolute Gasteiger partial charge is 0.358 e. The van der Waals surface area contributed by atoms with E-state index in [9.17, 15) is 0 Å². The Kier molecular flexibility index (Phi) is 7.31. The summed E-state index contributed by atoms with van der Waals surface area (Å²) in [7, 11) is 2.05. The van der Waals surface area contributed by atoms with Gasteiger partial charge in [-0.25, -0.2) is 4.98 Å². The van der Waals surface area contributed by atoms with Crippen LogP contribution in [-0.4, -0.2) is 25.1 Å². The van der Waals surface area contributed by atoms with Crippen LogP contribution in [-0.2, 0) is 6.54 Å². The van der Waals surface area contributed by atoms with Gasteiger partial charge in [0.25, 0.3) is 0 Å². The fraction of sp³-hybridized carbons (Fsp3) is 0.688. The molecule has 1 aromatic rings. The van der Waals surface area contributed by atoms with E-state index in [1.54, 1.807) is 0 Å². The van der Waals surface area contributed by atoms with Crippen molar-refractivity contribution in [3.8, 4) is 0 Å². The van der Waals surface area contributed by atoms with E-state index in [-0.39, 0.29) is 0 Å². The highest BCUT2D eigenvalue weighted by atomic mass is 35.5. The van der Waals surface area contributed by atoms with Crippen molar-refractivity contribution in [3.63, 3.8) is 0 Å². The Hall–Kier alpha value is -0.800. The second-order valence-electron chi connectivity index (χ2n) is 6.28. The van der Waals surface area contributed by atoms with Gasteiger partial charge in [0.15, 0.2) is 0 Å². The van der Waals surface area contributed by atoms with E-state index in [1.165, 1.54) is 0 Å². The van der Waals surface area contributed by atoms with Crippen LogP contribution in [0.25, 0.3) is 0 Å². The maximum atomic E-state index is 6.35. The van der Waals surface area contributed by atoms with Crippen LogP contribution in [0.3, 0.4) is 0 Å². The summed E-state index contributed by atoms with van der Waals surface area (Å²) in [6, 6.07) is 2.02. The predicted octanol–water partition coefficient (Wildman–Crippen LogP) is 3.96. The van der Waals surface area contributed by atoms with E-state index in [4.69, 9.17) is 11.6 Å². The first-order chi connectivity index (χ1) is 9.40. The van der Waals surface area contributed by atoms with Crippen LogP contribution in [0.2, 0.25) is 5.02 Å². The summed E-state index contributed by atoms with van der Waals surface area (Å²) >= 11 is 6.35. The van der Waals surface area contributed by atoms with E-state index in [1.807, 2.05) is 19.3 Å². The zero-order valence-electron chi connectivity index (χ0n) is 13.4. The molecule has 1 N–H and O–H groups in total. The van der Waals surface area contributed by atoms with Crippen molar-refractivity contribution in [2.45, 2.75) is 40.7 Å². The smallest absolute Gasteiger partial charge is 0.147 e. The van der Waals surface area contributed by atoms with Gasteiger partial charge in [-0.05, 0) is 36.4 Å². The van der Waals surface area contributed by atoms with Gasteiger partial charge in [-0.3, -0.25) is 0 Å². The number of pyridine rings is 1. The van der Waals surface area contributed by atoms with Crippen LogP contribution in [0, 0.1) is 11.8 Å². The molecule has 1 rings (SSSR count). The lowest BCUT2D eigenvalue weighted by atomic mass is 10.1. The predicted molar refractivity (Wildman–Crippen MR) is 88.5 cm³/mol. The molecule has 0 bridgehead atoms. The van der Waals surface area contributed by atoms with Crippen LogP contribution < -0.4 is 10.2 Å². The minimum absolute atomic E-state index is 0.653. The molecule has 1 aromatic heterocycles. The van der Waals surface area contributed by atoms with Gasteiger partial charge in [0.2, 0.25) is 0 Å². The third-order valence-electron chi connectivity index (χ3n) is 3.16. The average molecular weight is 298 g/mol. The van der Waals surface area contributed by atoms with Gasteiger partial charge in [0.1, 0.15) is 5.82 Å². The van der Waals surface area contributed by atoms with Gasteiger partial charge >= 0.3 is 0 Å². The first kappa shape index (κ1) is 17.3. The van der Waals surface area contributed by atoms with Crippen LogP contribution in [0.1, 0.15) is 39.7 Å². The van der Waals surface area contributed by atoms with Crippen molar-refractivity contribution >= 4 is 17.4 Å². The van der Waals surface area contributed by atoms with E-state index in [2.05, 4.69) is 42.9 Å². The molecule has 0 saturated carbocycles. The summed E-state index contributed by atoms with van der Waals surface area (Å²) in [6.45, 7) is 11.7. The van der Waals surface area contributed by atoms with Crippen molar-refractivity contribution < 1.29 is 0 Å². The van der Waals surface area contributed by atoms with E-state index in [0.29, 0.717) is 11.8 Å². The summed E-state index contributed by atoms with van der Waals surface area (Å²) < 4.78 is 0. The van der Waals surface area contributed by atoms with Crippen molar-refractivity contribution in [2.24, 2.45) is 11.8 Å². The molecule has 0 aromatic carbocycles. The molecule has 20 heavy (non-hydrogen) atoms. The molecule has 114 valence electrons. The summed E-state index contributed by atoms with van der Waals surface area (Å²) in [6.07, 6.45) is 3.06. The molecule has 0 spiro atoms. The fourth-order valence-corrected chi connectivity index (χ4v) is 2.24. The molecule has 0 saturated heterocycles. The first-order valence-corrected chi connectivity index (χ1v) is 7.84. The molecular formula is C16H28ClN3. The standard InChI is InChI=1S/C16H28ClN3/c1-12(2)6-7-20(5)16-15(17)8-14(11-19-16)10-18-9-13(3)4/h8,11-13,18H,6-7,9-10H2,1-5H3. The summed E-state index contributed by atoms with van der Waals surface area (Å²) in [4.78, 5) is 6.64. The number of hydrogen-bond donors (Lipinski definition) is 1. The van der Waals surface area contributed by atoms with Gasteiger partial charge in [0, 0.05) is 26.3 Å². The normalized spacial score (nSPS) is 11.4. The maximum Gasteiger partial charge on any atom is 0.147 e. The Labute approximate surface area is 128 Å². The van der Waals surface area contributed by atoms with Gasteiger partial charge in [-0.1, -0.05) is 39.3 Å². The molecule has 0 unspecified atom stereocenters. The molecule has 0 fully saturated rings. The Morgan fingerprint density at radius 3 is 2.50 bits per heavy atom. The molecule has 0 atom stereocenters. The molecule has 0 radical (unpaired) electrons. The van der Waals surface area contributed by atoms with Crippen LogP contribution >= 0.6 is 11.6 Å². The average Bonchev–Trinajstić information content (AvgIpc) is 2.35. The topological polar surface area (TPSA) is 28.2 Å². The second-order valence-corrected chi connectivity index (χ2v) is 6.69. The van der Waals surface area contributed by atoms with Crippen molar-refractivity contribution in [1.82, 2.24) is 10.3 Å². The third-order valence-corrected chi connectivity index (χ3v) is 3.44. The Morgan fingerprint density at radius 2 is 1.95 bits per heavy atom. The van der Waals surface area contributed by atoms with Gasteiger partial charge in [-0.15, -0.1) is 0 Å². The van der Waals surface area contributed by atoms with Crippen molar-refractivity contribution in [3.05, 3.63) is 22.8 Å². The van der Waals surface area contributed by atoms with Gasteiger partial charge < -0.3 is 10.2 Å². The number of rotatable bonds is 8. The number of anilines is 1. The monoisotopic (exact) mass is 297 g/mol. The number of halogens is 1. The summed E-state index contributed by atoms with van der Waals surface area (Å²) in [5, 5.41) is 4.14. The highest BCUT2D eigenvalue weighted by Gasteiger charge is 2.09. The van der Waals surface area contributed by atoms with E-state index >= 15 is 0 Å². The first-order valence-electron chi connectivity index (χ1n) is 7.46. The second kappa shape index (κ2) is 8.48. The van der Waals surface area contributed by atoms with Crippen LogP contribution in [0.15, 0.2) is 12.3 Å². The molecule has 0 aliphatic rings. The highest BCUT2D eigenvalue weighted by molar-refractivity contribution is 6.33. The number of aromatic nitrogens is 1. The van der Waals surface area contributed by atoms with Crippen molar-refractivity contribution in [2.75, 3.05) is 25.0 Å². The Bertz CT molecular complexity index is 405. The zero-order valence-corrected chi connectivity index (χ0v) is 14.2. The zero-order chi connectivity index (χ0) is 15.1. The quantitative estimate of drug-likeness (QED) is 0.787. The number of nitrogens with zero attached hydrogens (tertiary/aromatic N) is 2. The number of nitrogens with one attached hydrogen (secondary N) is 1. The van der Waals surface area contributed by atoms with Crippen molar-refractivity contribution in [1.29, 1.82) is 0 Å². The molecule has 4 heteroatoms. The minimum atomic E-state index is 0.653. The lowest BCUT2D eigenvalue weighted by molar-refractivity contribution is 0.551. The molecule has 0 amide bonds.